The lowest BCUT2D eigenvalue weighted by Gasteiger charge is -2.38. The second-order valence-electron chi connectivity index (χ2n) is 9.59. The zero-order valence-electron chi connectivity index (χ0n) is 18.5. The molecule has 1 aliphatic carbocycles. The van der Waals surface area contributed by atoms with Gasteiger partial charge in [-0.05, 0) is 55.7 Å². The number of hydrogen-bond donors (Lipinski definition) is 1. The monoisotopic (exact) mass is 436 g/mol. The van der Waals surface area contributed by atoms with Crippen LogP contribution in [0, 0.1) is 17.8 Å². The molecule has 3 heterocycles. The highest BCUT2D eigenvalue weighted by atomic mass is 32.1. The van der Waals surface area contributed by atoms with Crippen molar-refractivity contribution in [2.45, 2.75) is 32.6 Å². The topological polar surface area (TPSA) is 52.2 Å². The van der Waals surface area contributed by atoms with Gasteiger partial charge in [0.05, 0.1) is 11.1 Å². The van der Waals surface area contributed by atoms with Gasteiger partial charge in [-0.1, -0.05) is 36.5 Å². The number of carbonyl (C=O) groups is 1. The van der Waals surface area contributed by atoms with Crippen LogP contribution in [0.15, 0.2) is 36.7 Å². The molecule has 31 heavy (non-hydrogen) atoms. The average molecular weight is 437 g/mol. The number of nitrogens with one attached hydrogen (secondary N) is 1. The largest absolute Gasteiger partial charge is 0.361 e. The number of carbonyl (C=O) groups excluding carboxylic acids is 1. The Morgan fingerprint density at radius 1 is 1.23 bits per heavy atom. The number of likely N-dealkylation sites (N-methyl/N-ethyl adjacent to an activating group) is 1. The van der Waals surface area contributed by atoms with E-state index in [0.717, 1.165) is 48.5 Å². The number of anilines is 1. The van der Waals surface area contributed by atoms with Crippen molar-refractivity contribution in [3.05, 3.63) is 47.1 Å². The fourth-order valence-electron chi connectivity index (χ4n) is 5.21. The molecule has 0 amide bonds. The van der Waals surface area contributed by atoms with E-state index in [2.05, 4.69) is 64.2 Å². The summed E-state index contributed by atoms with van der Waals surface area (Å²) in [4.78, 5) is 26.7. The number of ketones is 1. The molecule has 1 saturated carbocycles. The first kappa shape index (κ1) is 20.7. The predicted molar refractivity (Wildman–Crippen MR) is 128 cm³/mol. The van der Waals surface area contributed by atoms with Crippen molar-refractivity contribution < 1.29 is 4.79 Å². The van der Waals surface area contributed by atoms with E-state index in [4.69, 9.17) is 0 Å². The van der Waals surface area contributed by atoms with Crippen molar-refractivity contribution in [3.63, 3.8) is 0 Å². The Labute approximate surface area is 188 Å². The van der Waals surface area contributed by atoms with E-state index in [-0.39, 0.29) is 5.78 Å². The third-order valence-electron chi connectivity index (χ3n) is 7.22. The molecule has 6 heteroatoms. The molecule has 5 nitrogen and oxygen atoms in total. The van der Waals surface area contributed by atoms with Gasteiger partial charge in [-0.3, -0.25) is 4.79 Å². The molecule has 0 bridgehead atoms. The second kappa shape index (κ2) is 8.75. The summed E-state index contributed by atoms with van der Waals surface area (Å²) in [5.41, 5.74) is 2.53. The number of benzene rings is 1. The van der Waals surface area contributed by atoms with Gasteiger partial charge in [-0.2, -0.15) is 0 Å². The summed E-state index contributed by atoms with van der Waals surface area (Å²) in [6, 6.07) is 8.48. The number of fused-ring (bicyclic) bond motifs is 1. The summed E-state index contributed by atoms with van der Waals surface area (Å²) in [5, 5.41) is 2.30. The number of piperazine rings is 1. The van der Waals surface area contributed by atoms with Gasteiger partial charge in [0.2, 0.25) is 0 Å². The Balaban J connectivity index is 1.30. The average Bonchev–Trinajstić information content (AvgIpc) is 3.40. The van der Waals surface area contributed by atoms with Crippen molar-refractivity contribution >= 4 is 33.2 Å². The summed E-state index contributed by atoms with van der Waals surface area (Å²) in [6.07, 6.45) is 8.04. The first-order valence-electron chi connectivity index (χ1n) is 11.5. The lowest BCUT2D eigenvalue weighted by molar-refractivity contribution is 0.0862. The van der Waals surface area contributed by atoms with Gasteiger partial charge in [-0.25, -0.2) is 4.98 Å². The van der Waals surface area contributed by atoms with Crippen LogP contribution in [-0.4, -0.2) is 53.9 Å². The fraction of sp³-hybridized carbons (Fsp3) is 0.520. The Bertz CT molecular complexity index is 1040. The molecule has 164 valence electrons. The van der Waals surface area contributed by atoms with Crippen LogP contribution in [0.5, 0.6) is 0 Å². The van der Waals surface area contributed by atoms with Crippen LogP contribution in [-0.2, 0) is 6.42 Å². The van der Waals surface area contributed by atoms with Crippen molar-refractivity contribution in [1.82, 2.24) is 14.9 Å². The molecule has 1 atom stereocenters. The number of nitrogens with zero attached hydrogens (tertiary/aromatic N) is 3. The number of Topliss-reactive ketones (excluding diaryl/α,β-unsaturated/α-hetero) is 1. The number of rotatable bonds is 7. The van der Waals surface area contributed by atoms with Gasteiger partial charge >= 0.3 is 0 Å². The van der Waals surface area contributed by atoms with Gasteiger partial charge in [0.1, 0.15) is 0 Å². The molecule has 1 aromatic carbocycles. The van der Waals surface area contributed by atoms with E-state index in [1.165, 1.54) is 29.3 Å². The van der Waals surface area contributed by atoms with Gasteiger partial charge in [0, 0.05) is 49.7 Å². The maximum absolute atomic E-state index is 13.3. The number of para-hydroxylation sites is 1. The molecular formula is C25H32N4OS. The highest BCUT2D eigenvalue weighted by molar-refractivity contribution is 7.17. The summed E-state index contributed by atoms with van der Waals surface area (Å²) in [6.45, 7) is 6.40. The smallest absolute Gasteiger partial charge is 0.186 e. The number of H-pyrrole nitrogens is 1. The molecule has 1 aliphatic heterocycles. The molecule has 1 N–H and O–H groups in total. The molecule has 2 fully saturated rings. The molecule has 1 saturated heterocycles. The van der Waals surface area contributed by atoms with Crippen molar-refractivity contribution in [2.75, 3.05) is 38.1 Å². The lowest BCUT2D eigenvalue weighted by atomic mass is 9.66. The van der Waals surface area contributed by atoms with E-state index < -0.39 is 0 Å². The zero-order valence-corrected chi connectivity index (χ0v) is 19.3. The molecule has 0 spiro atoms. The number of thiazole rings is 1. The first-order chi connectivity index (χ1) is 15.1. The number of aromatic nitrogens is 2. The quantitative estimate of drug-likeness (QED) is 0.538. The summed E-state index contributed by atoms with van der Waals surface area (Å²) < 4.78 is 0. The van der Waals surface area contributed by atoms with E-state index in [1.54, 1.807) is 11.3 Å². The zero-order chi connectivity index (χ0) is 21.4. The van der Waals surface area contributed by atoms with E-state index >= 15 is 0 Å². The predicted octanol–water partition coefficient (Wildman–Crippen LogP) is 4.85. The Kier molecular flexibility index (Phi) is 5.85. The first-order valence-corrected chi connectivity index (χ1v) is 12.4. The highest BCUT2D eigenvalue weighted by Crippen LogP contribution is 2.42. The maximum Gasteiger partial charge on any atom is 0.186 e. The van der Waals surface area contributed by atoms with Crippen molar-refractivity contribution in [3.8, 4) is 0 Å². The third-order valence-corrected chi connectivity index (χ3v) is 8.32. The van der Waals surface area contributed by atoms with Gasteiger partial charge in [0.15, 0.2) is 10.9 Å². The minimum absolute atomic E-state index is 0.266. The van der Waals surface area contributed by atoms with E-state index in [9.17, 15) is 4.79 Å². The minimum Gasteiger partial charge on any atom is -0.361 e. The van der Waals surface area contributed by atoms with Crippen molar-refractivity contribution in [1.29, 1.82) is 0 Å². The van der Waals surface area contributed by atoms with Gasteiger partial charge < -0.3 is 14.8 Å². The molecule has 5 rings (SSSR count). The Hall–Kier alpha value is -2.18. The van der Waals surface area contributed by atoms with Crippen LogP contribution >= 0.6 is 11.3 Å². The lowest BCUT2D eigenvalue weighted by Crippen LogP contribution is -2.44. The molecule has 2 aliphatic rings. The van der Waals surface area contributed by atoms with Crippen LogP contribution < -0.4 is 4.90 Å². The molecule has 0 radical (unpaired) electrons. The standard InChI is InChI=1S/C25H32N4OS/c1-17-11-18(12-17)19(13-20-15-26-22-6-4-3-5-21(20)22)14-23(30)24-16-27-25(31-24)29-9-7-28(2)8-10-29/h3-6,15-19,26H,7-14H2,1-2H3. The van der Waals surface area contributed by atoms with Gasteiger partial charge in [0.25, 0.3) is 0 Å². The second-order valence-corrected chi connectivity index (χ2v) is 10.6. The fourth-order valence-corrected chi connectivity index (χ4v) is 6.13. The highest BCUT2D eigenvalue weighted by Gasteiger charge is 2.34. The minimum atomic E-state index is 0.266. The number of hydrogen-bond acceptors (Lipinski definition) is 5. The summed E-state index contributed by atoms with van der Waals surface area (Å²) in [7, 11) is 2.16. The van der Waals surface area contributed by atoms with Crippen molar-refractivity contribution in [2.24, 2.45) is 17.8 Å². The normalized spacial score (nSPS) is 23.1. The molecule has 3 aromatic rings. The molecule has 2 aromatic heterocycles. The van der Waals surface area contributed by atoms with Crippen LogP contribution in [0.3, 0.4) is 0 Å². The van der Waals surface area contributed by atoms with Crippen LogP contribution in [0.4, 0.5) is 5.13 Å². The van der Waals surface area contributed by atoms with Gasteiger partial charge in [-0.15, -0.1) is 0 Å². The molecular weight excluding hydrogens is 404 g/mol. The Morgan fingerprint density at radius 3 is 2.77 bits per heavy atom. The molecule has 1 unspecified atom stereocenters. The third kappa shape index (κ3) is 4.41. The maximum atomic E-state index is 13.3. The SMILES string of the molecule is CC1CC(C(CC(=O)c2cnc(N3CCN(C)CC3)s2)Cc2c[nH]c3ccccc23)C1. The summed E-state index contributed by atoms with van der Waals surface area (Å²) in [5.74, 6) is 2.11. The summed E-state index contributed by atoms with van der Waals surface area (Å²) >= 11 is 1.58. The Morgan fingerprint density at radius 2 is 2.00 bits per heavy atom. The van der Waals surface area contributed by atoms with E-state index in [0.29, 0.717) is 18.3 Å². The van der Waals surface area contributed by atoms with E-state index in [1.807, 2.05) is 6.20 Å². The number of aromatic amines is 1. The van der Waals surface area contributed by atoms with Crippen LogP contribution in [0.25, 0.3) is 10.9 Å². The van der Waals surface area contributed by atoms with Crippen LogP contribution in [0.1, 0.15) is 41.4 Å². The van der Waals surface area contributed by atoms with Crippen LogP contribution in [0.2, 0.25) is 0 Å².